The molecule has 2 aliphatic rings. The molecule has 1 aromatic carbocycles. The molecule has 2 fully saturated rings. The first-order chi connectivity index (χ1) is 21.5. The summed E-state index contributed by atoms with van der Waals surface area (Å²) >= 11 is 0. The molecule has 0 aliphatic carbocycles. The lowest BCUT2D eigenvalue weighted by Crippen LogP contribution is -2.48. The monoisotopic (exact) mass is 640 g/mol. The SMILES string of the molecule is O=C1CCC(Nc2ccc(N3CCN(C(=O)CCCCCCCCCCCCC(=O)OOC(=O)C(F)(F)F)CC3)cc2)C(=O)N1. The summed E-state index contributed by atoms with van der Waals surface area (Å²) < 4.78 is 35.9. The number of hydrogen-bond acceptors (Lipinski definition) is 9. The van der Waals surface area contributed by atoms with E-state index >= 15 is 0 Å². The van der Waals surface area contributed by atoms with Gasteiger partial charge in [-0.05, 0) is 43.5 Å². The van der Waals surface area contributed by atoms with Crippen molar-refractivity contribution in [3.63, 3.8) is 0 Å². The molecule has 2 saturated heterocycles. The number of piperidine rings is 1. The number of piperazine rings is 1. The van der Waals surface area contributed by atoms with Gasteiger partial charge < -0.3 is 15.1 Å². The van der Waals surface area contributed by atoms with E-state index in [4.69, 9.17) is 0 Å². The average Bonchev–Trinajstić information content (AvgIpc) is 3.01. The minimum atomic E-state index is -5.20. The first-order valence-electron chi connectivity index (χ1n) is 15.7. The summed E-state index contributed by atoms with van der Waals surface area (Å²) in [7, 11) is 0. The smallest absolute Gasteiger partial charge is 0.374 e. The molecule has 0 radical (unpaired) electrons. The molecule has 14 heteroatoms. The molecule has 1 aromatic rings. The van der Waals surface area contributed by atoms with E-state index in [0.717, 1.165) is 82.3 Å². The van der Waals surface area contributed by atoms with E-state index in [2.05, 4.69) is 25.3 Å². The van der Waals surface area contributed by atoms with Crippen molar-refractivity contribution in [1.29, 1.82) is 0 Å². The number of hydrogen-bond donors (Lipinski definition) is 2. The van der Waals surface area contributed by atoms with Crippen LogP contribution in [0.25, 0.3) is 0 Å². The van der Waals surface area contributed by atoms with E-state index in [-0.39, 0.29) is 24.1 Å². The molecular weight excluding hydrogens is 597 g/mol. The third kappa shape index (κ3) is 13.0. The van der Waals surface area contributed by atoms with Crippen LogP contribution in [-0.4, -0.2) is 73.0 Å². The number of carbonyl (C=O) groups is 5. The second kappa shape index (κ2) is 18.2. The zero-order valence-corrected chi connectivity index (χ0v) is 25.5. The Hall–Kier alpha value is -3.84. The van der Waals surface area contributed by atoms with Gasteiger partial charge in [0.15, 0.2) is 0 Å². The van der Waals surface area contributed by atoms with Gasteiger partial charge in [-0.2, -0.15) is 13.2 Å². The number of anilines is 2. The Morgan fingerprint density at radius 1 is 0.800 bits per heavy atom. The fourth-order valence-corrected chi connectivity index (χ4v) is 5.31. The molecule has 3 rings (SSSR count). The first kappa shape index (κ1) is 35.6. The average molecular weight is 641 g/mol. The second-order valence-corrected chi connectivity index (χ2v) is 11.4. The lowest BCUT2D eigenvalue weighted by Gasteiger charge is -2.36. The number of unbranched alkanes of at least 4 members (excludes halogenated alkanes) is 9. The van der Waals surface area contributed by atoms with E-state index < -0.39 is 24.2 Å². The third-order valence-corrected chi connectivity index (χ3v) is 7.91. The summed E-state index contributed by atoms with van der Waals surface area (Å²) in [5, 5.41) is 5.53. The molecule has 0 bridgehead atoms. The van der Waals surface area contributed by atoms with Gasteiger partial charge in [-0.1, -0.05) is 51.4 Å². The van der Waals surface area contributed by atoms with E-state index in [1.165, 1.54) is 0 Å². The van der Waals surface area contributed by atoms with Gasteiger partial charge in [0, 0.05) is 50.4 Å². The molecule has 11 nitrogen and oxygen atoms in total. The van der Waals surface area contributed by atoms with Gasteiger partial charge in [-0.15, -0.1) is 0 Å². The summed E-state index contributed by atoms with van der Waals surface area (Å²) in [5.74, 6) is -3.90. The molecule has 1 unspecified atom stereocenters. The van der Waals surface area contributed by atoms with Gasteiger partial charge in [0.1, 0.15) is 6.04 Å². The van der Waals surface area contributed by atoms with Crippen LogP contribution in [0.1, 0.15) is 89.9 Å². The Kier molecular flexibility index (Phi) is 14.4. The summed E-state index contributed by atoms with van der Waals surface area (Å²) in [4.78, 5) is 69.2. The highest BCUT2D eigenvalue weighted by molar-refractivity contribution is 6.01. The molecule has 250 valence electrons. The van der Waals surface area contributed by atoms with Crippen molar-refractivity contribution in [2.24, 2.45) is 0 Å². The zero-order chi connectivity index (χ0) is 32.7. The number of amides is 3. The number of nitrogens with zero attached hydrogens (tertiary/aromatic N) is 2. The lowest BCUT2D eigenvalue weighted by atomic mass is 10.0. The molecule has 2 N–H and O–H groups in total. The quantitative estimate of drug-likeness (QED) is 0.113. The summed E-state index contributed by atoms with van der Waals surface area (Å²) in [6, 6.07) is 7.44. The van der Waals surface area contributed by atoms with Gasteiger partial charge in [0.2, 0.25) is 17.7 Å². The van der Waals surface area contributed by atoms with Crippen molar-refractivity contribution >= 4 is 41.0 Å². The molecule has 1 atom stereocenters. The van der Waals surface area contributed by atoms with E-state index in [9.17, 15) is 37.1 Å². The van der Waals surface area contributed by atoms with Crippen molar-refractivity contribution in [3.05, 3.63) is 24.3 Å². The number of alkyl halides is 3. The Labute approximate surface area is 261 Å². The zero-order valence-electron chi connectivity index (χ0n) is 25.5. The minimum absolute atomic E-state index is 0.110. The number of imide groups is 1. The van der Waals surface area contributed by atoms with E-state index in [1.807, 2.05) is 29.2 Å². The fraction of sp³-hybridized carbons (Fsp3) is 0.645. The van der Waals surface area contributed by atoms with Crippen molar-refractivity contribution in [3.8, 4) is 0 Å². The molecule has 0 saturated carbocycles. The van der Waals surface area contributed by atoms with Crippen LogP contribution >= 0.6 is 0 Å². The van der Waals surface area contributed by atoms with E-state index in [0.29, 0.717) is 38.8 Å². The van der Waals surface area contributed by atoms with E-state index in [1.54, 1.807) is 0 Å². The number of carbonyl (C=O) groups excluding carboxylic acids is 5. The standard InChI is InChI=1S/C31H43F3N4O7/c32-31(33,34)30(43)45-44-28(41)12-10-8-6-4-2-1-3-5-7-9-11-27(40)38-21-19-37(20-22-38)24-15-13-23(14-16-24)35-25-17-18-26(39)36-29(25)42/h13-16,25,35H,1-12,17-22H2,(H,36,39,42). The van der Waals surface area contributed by atoms with Crippen molar-refractivity contribution in [2.45, 2.75) is 102 Å². The maximum absolute atomic E-state index is 12.7. The first-order valence-corrected chi connectivity index (χ1v) is 15.7. The summed E-state index contributed by atoms with van der Waals surface area (Å²) in [5.41, 5.74) is 1.88. The normalized spacial score (nSPS) is 17.1. The third-order valence-electron chi connectivity index (χ3n) is 7.91. The van der Waals surface area contributed by atoms with Crippen LogP contribution in [0, 0.1) is 0 Å². The highest BCUT2D eigenvalue weighted by atomic mass is 19.4. The minimum Gasteiger partial charge on any atom is -0.374 e. The van der Waals surface area contributed by atoms with Crippen LogP contribution in [-0.2, 0) is 33.7 Å². The fourth-order valence-electron chi connectivity index (χ4n) is 5.31. The van der Waals surface area contributed by atoms with Crippen LogP contribution in [0.15, 0.2) is 24.3 Å². The number of halogens is 3. The van der Waals surface area contributed by atoms with Crippen LogP contribution in [0.3, 0.4) is 0 Å². The summed E-state index contributed by atoms with van der Waals surface area (Å²) in [6.45, 7) is 2.88. The van der Waals surface area contributed by atoms with Gasteiger partial charge in [0.25, 0.3) is 0 Å². The van der Waals surface area contributed by atoms with Crippen LogP contribution < -0.4 is 15.5 Å². The highest BCUT2D eigenvalue weighted by Crippen LogP contribution is 2.22. The summed E-state index contributed by atoms with van der Waals surface area (Å²) in [6.07, 6.45) is 5.28. The predicted octanol–water partition coefficient (Wildman–Crippen LogP) is 4.80. The van der Waals surface area contributed by atoms with Crippen molar-refractivity contribution < 1.29 is 46.9 Å². The van der Waals surface area contributed by atoms with Gasteiger partial charge >= 0.3 is 18.1 Å². The lowest BCUT2D eigenvalue weighted by molar-refractivity contribution is -0.285. The van der Waals surface area contributed by atoms with Gasteiger partial charge in [-0.3, -0.25) is 19.7 Å². The van der Waals surface area contributed by atoms with Gasteiger partial charge in [-0.25, -0.2) is 19.4 Å². The van der Waals surface area contributed by atoms with Crippen molar-refractivity contribution in [1.82, 2.24) is 10.2 Å². The Morgan fingerprint density at radius 3 is 1.91 bits per heavy atom. The van der Waals surface area contributed by atoms with Crippen LogP contribution in [0.4, 0.5) is 24.5 Å². The highest BCUT2D eigenvalue weighted by Gasteiger charge is 2.43. The number of nitrogens with one attached hydrogen (secondary N) is 2. The maximum Gasteiger partial charge on any atom is 0.495 e. The topological polar surface area (TPSA) is 134 Å². The molecular formula is C31H43F3N4O7. The van der Waals surface area contributed by atoms with Crippen LogP contribution in [0.5, 0.6) is 0 Å². The maximum atomic E-state index is 12.7. The molecule has 3 amide bonds. The second-order valence-electron chi connectivity index (χ2n) is 11.4. The Bertz CT molecular complexity index is 1140. The molecule has 45 heavy (non-hydrogen) atoms. The largest absolute Gasteiger partial charge is 0.495 e. The Morgan fingerprint density at radius 2 is 1.36 bits per heavy atom. The van der Waals surface area contributed by atoms with Gasteiger partial charge in [0.05, 0.1) is 6.42 Å². The number of benzene rings is 1. The van der Waals surface area contributed by atoms with Crippen molar-refractivity contribution in [2.75, 3.05) is 36.4 Å². The molecule has 0 spiro atoms. The predicted molar refractivity (Wildman–Crippen MR) is 159 cm³/mol. The van der Waals surface area contributed by atoms with Crippen LogP contribution in [0.2, 0.25) is 0 Å². The molecule has 2 aliphatic heterocycles. The molecule has 2 heterocycles. The number of rotatable bonds is 16. The Balaban J connectivity index is 1.15. The molecule has 0 aromatic heterocycles.